The van der Waals surface area contributed by atoms with E-state index < -0.39 is 0 Å². The molecule has 0 bridgehead atoms. The highest BCUT2D eigenvalue weighted by molar-refractivity contribution is 6.35. The quantitative estimate of drug-likeness (QED) is 0.596. The molecule has 0 amide bonds. The number of ether oxygens (including phenoxy) is 2. The number of aromatic amines is 1. The third kappa shape index (κ3) is 2.48. The van der Waals surface area contributed by atoms with Crippen molar-refractivity contribution in [3.63, 3.8) is 0 Å². The molecule has 0 fully saturated rings. The summed E-state index contributed by atoms with van der Waals surface area (Å²) in [5.41, 5.74) is 1.83. The van der Waals surface area contributed by atoms with Crippen molar-refractivity contribution in [2.45, 2.75) is 6.92 Å². The van der Waals surface area contributed by atoms with Crippen molar-refractivity contribution in [2.24, 2.45) is 0 Å². The van der Waals surface area contributed by atoms with Gasteiger partial charge in [0.1, 0.15) is 17.0 Å². The fourth-order valence-corrected chi connectivity index (χ4v) is 3.26. The number of hydrogen-bond acceptors (Lipinski definition) is 5. The minimum absolute atomic E-state index is 0.335. The molecule has 0 radical (unpaired) electrons. The first-order valence-electron chi connectivity index (χ1n) is 7.99. The molecule has 0 saturated heterocycles. The lowest BCUT2D eigenvalue weighted by Crippen LogP contribution is -2.15. The van der Waals surface area contributed by atoms with Crippen LogP contribution < -0.4 is 15.2 Å². The molecule has 7 nitrogen and oxygen atoms in total. The van der Waals surface area contributed by atoms with Crippen LogP contribution in [0, 0.1) is 0 Å². The van der Waals surface area contributed by atoms with E-state index >= 15 is 0 Å². The second kappa shape index (κ2) is 6.34. The van der Waals surface area contributed by atoms with Crippen LogP contribution >= 0.6 is 11.6 Å². The molecule has 0 aliphatic heterocycles. The molecule has 1 aromatic carbocycles. The van der Waals surface area contributed by atoms with Crippen LogP contribution in [0.3, 0.4) is 0 Å². The smallest absolute Gasteiger partial charge is 0.332 e. The first-order valence-corrected chi connectivity index (χ1v) is 8.37. The molecule has 0 aliphatic carbocycles. The van der Waals surface area contributed by atoms with E-state index in [1.165, 1.54) is 4.57 Å². The zero-order valence-electron chi connectivity index (χ0n) is 14.1. The highest BCUT2D eigenvalue weighted by Gasteiger charge is 2.17. The minimum atomic E-state index is -0.335. The summed E-state index contributed by atoms with van der Waals surface area (Å²) in [6.45, 7) is 2.35. The van der Waals surface area contributed by atoms with Crippen molar-refractivity contribution in [2.75, 3.05) is 13.7 Å². The number of halogens is 1. The Kier molecular flexibility index (Phi) is 4.00. The van der Waals surface area contributed by atoms with E-state index in [0.717, 1.165) is 0 Å². The third-order valence-corrected chi connectivity index (χ3v) is 4.35. The number of aromatic nitrogens is 4. The highest BCUT2D eigenvalue weighted by atomic mass is 35.5. The van der Waals surface area contributed by atoms with E-state index in [0.29, 0.717) is 50.9 Å². The van der Waals surface area contributed by atoms with Crippen molar-refractivity contribution < 1.29 is 9.47 Å². The van der Waals surface area contributed by atoms with E-state index in [9.17, 15) is 4.79 Å². The lowest BCUT2D eigenvalue weighted by atomic mass is 10.1. The van der Waals surface area contributed by atoms with Gasteiger partial charge >= 0.3 is 5.69 Å². The SMILES string of the molecule is CCOc1ccnc2[nH]c(=O)n(-c3cc(Cl)c4nccc(OC)c4c3)c12. The van der Waals surface area contributed by atoms with Crippen LogP contribution in [-0.2, 0) is 0 Å². The van der Waals surface area contributed by atoms with Crippen LogP contribution in [0.1, 0.15) is 6.92 Å². The predicted molar refractivity (Wildman–Crippen MR) is 99.7 cm³/mol. The van der Waals surface area contributed by atoms with E-state index in [4.69, 9.17) is 21.1 Å². The zero-order chi connectivity index (χ0) is 18.3. The second-order valence-electron chi connectivity index (χ2n) is 5.54. The maximum absolute atomic E-state index is 12.6. The summed E-state index contributed by atoms with van der Waals surface area (Å²) < 4.78 is 12.6. The van der Waals surface area contributed by atoms with Gasteiger partial charge < -0.3 is 9.47 Å². The summed E-state index contributed by atoms with van der Waals surface area (Å²) in [6, 6.07) is 6.96. The van der Waals surface area contributed by atoms with E-state index in [2.05, 4.69) is 15.0 Å². The van der Waals surface area contributed by atoms with Crippen LogP contribution in [0.2, 0.25) is 5.02 Å². The fourth-order valence-electron chi connectivity index (χ4n) is 3.00. The molecule has 0 aliphatic rings. The van der Waals surface area contributed by atoms with Gasteiger partial charge in [-0.25, -0.2) is 9.78 Å². The molecule has 3 heterocycles. The summed E-state index contributed by atoms with van der Waals surface area (Å²) in [6.07, 6.45) is 3.22. The van der Waals surface area contributed by atoms with Crippen molar-refractivity contribution in [3.8, 4) is 17.2 Å². The van der Waals surface area contributed by atoms with Gasteiger partial charge in [0.15, 0.2) is 5.65 Å². The predicted octanol–water partition coefficient (Wildman–Crippen LogP) is 3.32. The molecule has 0 atom stereocenters. The minimum Gasteiger partial charge on any atom is -0.496 e. The first-order chi connectivity index (χ1) is 12.6. The molecule has 4 rings (SSSR count). The molecule has 4 aromatic rings. The number of methoxy groups -OCH3 is 1. The average molecular weight is 371 g/mol. The van der Waals surface area contributed by atoms with Gasteiger partial charge in [-0.2, -0.15) is 0 Å². The van der Waals surface area contributed by atoms with E-state index in [1.807, 2.05) is 13.0 Å². The number of H-pyrrole nitrogens is 1. The lowest BCUT2D eigenvalue weighted by Gasteiger charge is -2.11. The summed E-state index contributed by atoms with van der Waals surface area (Å²) >= 11 is 6.42. The van der Waals surface area contributed by atoms with Gasteiger partial charge in [-0.3, -0.25) is 14.5 Å². The molecule has 0 spiro atoms. The van der Waals surface area contributed by atoms with Crippen LogP contribution in [0.15, 0.2) is 41.5 Å². The van der Waals surface area contributed by atoms with Gasteiger partial charge in [-0.15, -0.1) is 0 Å². The lowest BCUT2D eigenvalue weighted by molar-refractivity contribution is 0.343. The Morgan fingerprint density at radius 3 is 2.73 bits per heavy atom. The Hall–Kier alpha value is -3.06. The molecule has 0 unspecified atom stereocenters. The molecule has 8 heteroatoms. The average Bonchev–Trinajstić information content (AvgIpc) is 2.98. The van der Waals surface area contributed by atoms with Crippen molar-refractivity contribution >= 4 is 33.7 Å². The topological polar surface area (TPSA) is 82.0 Å². The number of rotatable bonds is 4. The summed E-state index contributed by atoms with van der Waals surface area (Å²) in [5, 5.41) is 1.13. The number of pyridine rings is 2. The van der Waals surface area contributed by atoms with Gasteiger partial charge in [0.25, 0.3) is 0 Å². The second-order valence-corrected chi connectivity index (χ2v) is 5.95. The van der Waals surface area contributed by atoms with E-state index in [-0.39, 0.29) is 5.69 Å². The number of nitrogens with zero attached hydrogens (tertiary/aromatic N) is 3. The summed E-state index contributed by atoms with van der Waals surface area (Å²) in [5.74, 6) is 1.18. The number of fused-ring (bicyclic) bond motifs is 2. The number of imidazole rings is 1. The van der Waals surface area contributed by atoms with Gasteiger partial charge in [-0.05, 0) is 25.1 Å². The Bertz CT molecular complexity index is 1180. The molecular formula is C18H15ClN4O3. The van der Waals surface area contributed by atoms with Crippen LogP contribution in [0.25, 0.3) is 27.8 Å². The molecule has 3 aromatic heterocycles. The van der Waals surface area contributed by atoms with Gasteiger partial charge in [-0.1, -0.05) is 11.6 Å². The monoisotopic (exact) mass is 370 g/mol. The standard InChI is InChI=1S/C18H15ClN4O3/c1-3-26-14-5-7-21-17-16(14)23(18(24)22-17)10-8-11-13(25-2)4-6-20-15(11)12(19)9-10/h4-9H,3H2,1-2H3,(H,21,22,24). The molecule has 1 N–H and O–H groups in total. The highest BCUT2D eigenvalue weighted by Crippen LogP contribution is 2.33. The Labute approximate surface area is 153 Å². The fraction of sp³-hybridized carbons (Fsp3) is 0.167. The molecule has 0 saturated carbocycles. The summed E-state index contributed by atoms with van der Waals surface area (Å²) in [7, 11) is 1.57. The van der Waals surface area contributed by atoms with Gasteiger partial charge in [0.2, 0.25) is 0 Å². The van der Waals surface area contributed by atoms with Crippen molar-refractivity contribution in [1.82, 2.24) is 19.5 Å². The third-order valence-electron chi connectivity index (χ3n) is 4.06. The Balaban J connectivity index is 2.07. The van der Waals surface area contributed by atoms with Gasteiger partial charge in [0, 0.05) is 23.8 Å². The molecule has 26 heavy (non-hydrogen) atoms. The maximum Gasteiger partial charge on any atom is 0.332 e. The van der Waals surface area contributed by atoms with Crippen molar-refractivity contribution in [3.05, 3.63) is 52.2 Å². The number of benzene rings is 1. The van der Waals surface area contributed by atoms with E-state index in [1.54, 1.807) is 37.7 Å². The maximum atomic E-state index is 12.6. The first kappa shape index (κ1) is 16.4. The molecular weight excluding hydrogens is 356 g/mol. The Morgan fingerprint density at radius 2 is 1.96 bits per heavy atom. The molecule has 132 valence electrons. The summed E-state index contributed by atoms with van der Waals surface area (Å²) in [4.78, 5) is 23.9. The van der Waals surface area contributed by atoms with Crippen LogP contribution in [0.4, 0.5) is 0 Å². The largest absolute Gasteiger partial charge is 0.496 e. The van der Waals surface area contributed by atoms with Gasteiger partial charge in [0.05, 0.1) is 29.9 Å². The van der Waals surface area contributed by atoms with Crippen molar-refractivity contribution in [1.29, 1.82) is 0 Å². The van der Waals surface area contributed by atoms with Crippen LogP contribution in [0.5, 0.6) is 11.5 Å². The number of nitrogens with one attached hydrogen (secondary N) is 1. The van der Waals surface area contributed by atoms with Crippen LogP contribution in [-0.4, -0.2) is 33.2 Å². The number of hydrogen-bond donors (Lipinski definition) is 1. The zero-order valence-corrected chi connectivity index (χ0v) is 14.9. The normalized spacial score (nSPS) is 11.2. The Morgan fingerprint density at radius 1 is 1.19 bits per heavy atom.